The topological polar surface area (TPSA) is 57.9 Å². The lowest BCUT2D eigenvalue weighted by atomic mass is 10.2. The minimum Gasteiger partial charge on any atom is -0.380 e. The molecule has 0 aliphatic rings. The van der Waals surface area contributed by atoms with E-state index in [1.54, 1.807) is 25.4 Å². The Balaban J connectivity index is 2.20. The van der Waals surface area contributed by atoms with E-state index in [1.165, 1.54) is 0 Å². The molecule has 0 atom stereocenters. The molecule has 2 aromatic rings. The van der Waals surface area contributed by atoms with E-state index in [0.717, 1.165) is 11.3 Å². The lowest BCUT2D eigenvalue weighted by molar-refractivity contribution is 0.185. The SMILES string of the molecule is COCc1ccccc1Nc1ccc(C#N)cn1. The maximum atomic E-state index is 8.71. The number of ether oxygens (including phenoxy) is 1. The van der Waals surface area contributed by atoms with Crippen LogP contribution in [0.5, 0.6) is 0 Å². The van der Waals surface area contributed by atoms with Gasteiger partial charge in [-0.1, -0.05) is 18.2 Å². The molecule has 0 amide bonds. The van der Waals surface area contributed by atoms with Crippen LogP contribution in [-0.4, -0.2) is 12.1 Å². The number of aromatic nitrogens is 1. The number of pyridine rings is 1. The number of nitriles is 1. The van der Waals surface area contributed by atoms with Gasteiger partial charge in [-0.25, -0.2) is 4.98 Å². The van der Waals surface area contributed by atoms with Gasteiger partial charge in [-0.05, 0) is 18.2 Å². The van der Waals surface area contributed by atoms with Gasteiger partial charge in [0.25, 0.3) is 0 Å². The number of para-hydroxylation sites is 1. The van der Waals surface area contributed by atoms with Gasteiger partial charge < -0.3 is 10.1 Å². The van der Waals surface area contributed by atoms with E-state index in [1.807, 2.05) is 30.3 Å². The molecule has 1 aromatic carbocycles. The molecule has 0 aliphatic heterocycles. The highest BCUT2D eigenvalue weighted by atomic mass is 16.5. The normalized spacial score (nSPS) is 9.78. The number of anilines is 2. The minimum atomic E-state index is 0.541. The van der Waals surface area contributed by atoms with Crippen LogP contribution in [-0.2, 0) is 11.3 Å². The monoisotopic (exact) mass is 239 g/mol. The summed E-state index contributed by atoms with van der Waals surface area (Å²) in [4.78, 5) is 4.17. The van der Waals surface area contributed by atoms with Crippen LogP contribution in [0, 0.1) is 11.3 Å². The molecule has 1 aromatic heterocycles. The summed E-state index contributed by atoms with van der Waals surface area (Å²) in [5.74, 6) is 0.706. The van der Waals surface area contributed by atoms with Crippen LogP contribution in [0.3, 0.4) is 0 Å². The van der Waals surface area contributed by atoms with E-state index in [-0.39, 0.29) is 0 Å². The predicted octanol–water partition coefficient (Wildman–Crippen LogP) is 2.84. The molecule has 0 fully saturated rings. The molecule has 4 nitrogen and oxygen atoms in total. The predicted molar refractivity (Wildman–Crippen MR) is 69.4 cm³/mol. The average molecular weight is 239 g/mol. The van der Waals surface area contributed by atoms with Gasteiger partial charge >= 0.3 is 0 Å². The molecule has 1 heterocycles. The van der Waals surface area contributed by atoms with Gasteiger partial charge in [0.1, 0.15) is 11.9 Å². The minimum absolute atomic E-state index is 0.541. The summed E-state index contributed by atoms with van der Waals surface area (Å²) in [6, 6.07) is 13.4. The largest absolute Gasteiger partial charge is 0.380 e. The number of benzene rings is 1. The zero-order chi connectivity index (χ0) is 12.8. The fourth-order valence-electron chi connectivity index (χ4n) is 1.60. The smallest absolute Gasteiger partial charge is 0.130 e. The second-order valence-electron chi connectivity index (χ2n) is 3.76. The Morgan fingerprint density at radius 3 is 2.78 bits per heavy atom. The third kappa shape index (κ3) is 2.84. The number of nitrogens with one attached hydrogen (secondary N) is 1. The highest BCUT2D eigenvalue weighted by molar-refractivity contribution is 5.60. The molecule has 0 saturated heterocycles. The molecule has 0 spiro atoms. The van der Waals surface area contributed by atoms with Gasteiger partial charge in [-0.15, -0.1) is 0 Å². The molecule has 4 heteroatoms. The fourth-order valence-corrected chi connectivity index (χ4v) is 1.60. The van der Waals surface area contributed by atoms with E-state index in [2.05, 4.69) is 10.3 Å². The van der Waals surface area contributed by atoms with E-state index < -0.39 is 0 Å². The first-order chi connectivity index (χ1) is 8.83. The summed E-state index contributed by atoms with van der Waals surface area (Å²) in [6.45, 7) is 0.541. The Hall–Kier alpha value is -2.38. The lowest BCUT2D eigenvalue weighted by Crippen LogP contribution is -1.98. The van der Waals surface area contributed by atoms with Crippen molar-refractivity contribution in [1.82, 2.24) is 4.98 Å². The van der Waals surface area contributed by atoms with Crippen LogP contribution in [0.1, 0.15) is 11.1 Å². The van der Waals surface area contributed by atoms with E-state index >= 15 is 0 Å². The van der Waals surface area contributed by atoms with Gasteiger partial charge in [-0.3, -0.25) is 0 Å². The summed E-state index contributed by atoms with van der Waals surface area (Å²) in [7, 11) is 1.66. The van der Waals surface area contributed by atoms with Gasteiger partial charge in [-0.2, -0.15) is 5.26 Å². The summed E-state index contributed by atoms with van der Waals surface area (Å²) >= 11 is 0. The number of hydrogen-bond donors (Lipinski definition) is 1. The van der Waals surface area contributed by atoms with Crippen molar-refractivity contribution in [3.8, 4) is 6.07 Å². The van der Waals surface area contributed by atoms with Crippen LogP contribution in [0.25, 0.3) is 0 Å². The first kappa shape index (κ1) is 12.1. The first-order valence-corrected chi connectivity index (χ1v) is 5.53. The van der Waals surface area contributed by atoms with Crippen molar-refractivity contribution in [3.05, 3.63) is 53.7 Å². The molecule has 0 aliphatic carbocycles. The van der Waals surface area contributed by atoms with Gasteiger partial charge in [0, 0.05) is 24.6 Å². The van der Waals surface area contributed by atoms with Crippen molar-refractivity contribution in [2.24, 2.45) is 0 Å². The second kappa shape index (κ2) is 5.80. The summed E-state index contributed by atoms with van der Waals surface area (Å²) in [6.07, 6.45) is 1.54. The first-order valence-electron chi connectivity index (χ1n) is 5.53. The van der Waals surface area contributed by atoms with Crippen LogP contribution in [0.4, 0.5) is 11.5 Å². The quantitative estimate of drug-likeness (QED) is 0.891. The lowest BCUT2D eigenvalue weighted by Gasteiger charge is -2.10. The van der Waals surface area contributed by atoms with E-state index in [9.17, 15) is 0 Å². The highest BCUT2D eigenvalue weighted by Gasteiger charge is 2.02. The number of hydrogen-bond acceptors (Lipinski definition) is 4. The maximum absolute atomic E-state index is 8.71. The van der Waals surface area contributed by atoms with Crippen molar-refractivity contribution in [2.45, 2.75) is 6.61 Å². The summed E-state index contributed by atoms with van der Waals surface area (Å²) in [5, 5.41) is 11.9. The second-order valence-corrected chi connectivity index (χ2v) is 3.76. The van der Waals surface area contributed by atoms with Crippen molar-refractivity contribution >= 4 is 11.5 Å². The third-order valence-corrected chi connectivity index (χ3v) is 2.47. The Bertz CT molecular complexity index is 558. The van der Waals surface area contributed by atoms with Crippen LogP contribution in [0.15, 0.2) is 42.6 Å². The molecule has 1 N–H and O–H groups in total. The van der Waals surface area contributed by atoms with E-state index in [0.29, 0.717) is 18.0 Å². The fraction of sp³-hybridized carbons (Fsp3) is 0.143. The Kier molecular flexibility index (Phi) is 3.90. The standard InChI is InChI=1S/C14H13N3O/c1-18-10-12-4-2-3-5-13(12)17-14-7-6-11(8-15)9-16-14/h2-7,9H,10H2,1H3,(H,16,17). The highest BCUT2D eigenvalue weighted by Crippen LogP contribution is 2.20. The van der Waals surface area contributed by atoms with Crippen molar-refractivity contribution in [1.29, 1.82) is 5.26 Å². The number of methoxy groups -OCH3 is 1. The molecule has 0 saturated carbocycles. The Labute approximate surface area is 106 Å². The Morgan fingerprint density at radius 2 is 2.11 bits per heavy atom. The summed E-state index contributed by atoms with van der Waals surface area (Å²) < 4.78 is 5.14. The zero-order valence-electron chi connectivity index (χ0n) is 10.1. The third-order valence-electron chi connectivity index (χ3n) is 2.47. The number of nitrogens with zero attached hydrogens (tertiary/aromatic N) is 2. The van der Waals surface area contributed by atoms with E-state index in [4.69, 9.17) is 10.00 Å². The summed E-state index contributed by atoms with van der Waals surface area (Å²) in [5.41, 5.74) is 2.56. The van der Waals surface area contributed by atoms with Crippen LogP contribution < -0.4 is 5.32 Å². The Morgan fingerprint density at radius 1 is 1.28 bits per heavy atom. The van der Waals surface area contributed by atoms with Crippen molar-refractivity contribution in [2.75, 3.05) is 12.4 Å². The zero-order valence-corrected chi connectivity index (χ0v) is 10.1. The molecule has 0 bridgehead atoms. The van der Waals surface area contributed by atoms with Crippen molar-refractivity contribution < 1.29 is 4.74 Å². The van der Waals surface area contributed by atoms with Gasteiger partial charge in [0.2, 0.25) is 0 Å². The molecule has 2 rings (SSSR count). The molecule has 18 heavy (non-hydrogen) atoms. The van der Waals surface area contributed by atoms with Crippen molar-refractivity contribution in [3.63, 3.8) is 0 Å². The average Bonchev–Trinajstić information content (AvgIpc) is 2.42. The molecule has 0 unspecified atom stereocenters. The molecular formula is C14H13N3O. The molecule has 90 valence electrons. The molecule has 0 radical (unpaired) electrons. The number of rotatable bonds is 4. The van der Waals surface area contributed by atoms with Crippen LogP contribution in [0.2, 0.25) is 0 Å². The van der Waals surface area contributed by atoms with Gasteiger partial charge in [0.15, 0.2) is 0 Å². The van der Waals surface area contributed by atoms with Gasteiger partial charge in [0.05, 0.1) is 12.2 Å². The van der Waals surface area contributed by atoms with Crippen LogP contribution >= 0.6 is 0 Å². The maximum Gasteiger partial charge on any atom is 0.130 e. The molecular weight excluding hydrogens is 226 g/mol.